The van der Waals surface area contributed by atoms with Crippen molar-refractivity contribution in [2.45, 2.75) is 26.7 Å². The van der Waals surface area contributed by atoms with Gasteiger partial charge in [0.1, 0.15) is 9.71 Å². The van der Waals surface area contributed by atoms with Crippen LogP contribution in [0.3, 0.4) is 0 Å². The number of likely N-dealkylation sites (tertiary alicyclic amines) is 1. The minimum absolute atomic E-state index is 0.182. The minimum atomic E-state index is -0.548. The Balaban J connectivity index is 1.37. The number of hydrogen-bond donors (Lipinski definition) is 0. The summed E-state index contributed by atoms with van der Waals surface area (Å²) in [6, 6.07) is 9.02. The molecule has 0 aliphatic carbocycles. The Hall–Kier alpha value is -2.91. The van der Waals surface area contributed by atoms with Crippen molar-refractivity contribution in [2.24, 2.45) is 5.92 Å². The maximum absolute atomic E-state index is 12.6. The number of fused-ring (bicyclic) bond motifs is 1. The predicted octanol–water partition coefficient (Wildman–Crippen LogP) is 4.01. The first-order valence-electron chi connectivity index (χ1n) is 10.7. The Labute approximate surface area is 200 Å². The number of halogens is 1. The molecule has 1 saturated heterocycles. The van der Waals surface area contributed by atoms with E-state index in [-0.39, 0.29) is 24.4 Å². The zero-order chi connectivity index (χ0) is 23.5. The first kappa shape index (κ1) is 23.3. The second-order valence-electron chi connectivity index (χ2n) is 7.79. The van der Waals surface area contributed by atoms with Crippen LogP contribution < -0.4 is 0 Å². The van der Waals surface area contributed by atoms with Crippen molar-refractivity contribution in [1.29, 1.82) is 0 Å². The van der Waals surface area contributed by atoms with E-state index in [1.54, 1.807) is 34.7 Å². The molecule has 2 aromatic heterocycles. The van der Waals surface area contributed by atoms with Crippen molar-refractivity contribution in [3.63, 3.8) is 0 Å². The average Bonchev–Trinajstić information content (AvgIpc) is 3.39. The number of aryl methyl sites for hydroxylation is 1. The molecule has 1 fully saturated rings. The summed E-state index contributed by atoms with van der Waals surface area (Å²) in [7, 11) is 0. The van der Waals surface area contributed by atoms with E-state index in [9.17, 15) is 14.4 Å². The van der Waals surface area contributed by atoms with E-state index in [4.69, 9.17) is 21.1 Å². The third kappa shape index (κ3) is 5.04. The van der Waals surface area contributed by atoms with Crippen molar-refractivity contribution in [3.05, 3.63) is 45.9 Å². The molecule has 3 heterocycles. The molecule has 4 rings (SSSR count). The number of nitrogens with zero attached hydrogens (tertiary/aromatic N) is 3. The summed E-state index contributed by atoms with van der Waals surface area (Å²) in [5, 5.41) is 6.04. The molecule has 0 saturated carbocycles. The van der Waals surface area contributed by atoms with Crippen LogP contribution in [0.4, 0.5) is 0 Å². The highest BCUT2D eigenvalue weighted by Crippen LogP contribution is 2.31. The molecule has 33 heavy (non-hydrogen) atoms. The van der Waals surface area contributed by atoms with Gasteiger partial charge in [-0.2, -0.15) is 5.10 Å². The van der Waals surface area contributed by atoms with Gasteiger partial charge in [0.15, 0.2) is 6.61 Å². The molecule has 1 aliphatic heterocycles. The van der Waals surface area contributed by atoms with E-state index in [1.165, 1.54) is 11.3 Å². The Morgan fingerprint density at radius 3 is 2.52 bits per heavy atom. The Kier molecular flexibility index (Phi) is 6.99. The fraction of sp³-hybridized carbons (Fsp3) is 0.391. The number of piperidine rings is 1. The SMILES string of the molecule is CCOC(=O)C1CCN(C(=O)COC(=O)c2cc3c(C)nn(-c4ccc(Cl)cc4)c3s2)CC1. The third-order valence-electron chi connectivity index (χ3n) is 5.61. The summed E-state index contributed by atoms with van der Waals surface area (Å²) >= 11 is 7.24. The predicted molar refractivity (Wildman–Crippen MR) is 125 cm³/mol. The van der Waals surface area contributed by atoms with E-state index in [2.05, 4.69) is 5.10 Å². The van der Waals surface area contributed by atoms with E-state index in [1.807, 2.05) is 19.1 Å². The van der Waals surface area contributed by atoms with Crippen LogP contribution in [0.25, 0.3) is 15.9 Å². The lowest BCUT2D eigenvalue weighted by Gasteiger charge is -2.30. The lowest BCUT2D eigenvalue weighted by molar-refractivity contribution is -0.151. The van der Waals surface area contributed by atoms with E-state index in [0.717, 1.165) is 21.6 Å². The maximum Gasteiger partial charge on any atom is 0.348 e. The van der Waals surface area contributed by atoms with E-state index in [0.29, 0.717) is 42.4 Å². The van der Waals surface area contributed by atoms with Crippen molar-refractivity contribution in [3.8, 4) is 5.69 Å². The first-order chi connectivity index (χ1) is 15.9. The molecule has 0 spiro atoms. The monoisotopic (exact) mass is 489 g/mol. The van der Waals surface area contributed by atoms with Gasteiger partial charge in [0.05, 0.1) is 23.9 Å². The summed E-state index contributed by atoms with van der Waals surface area (Å²) < 4.78 is 12.1. The van der Waals surface area contributed by atoms with Crippen molar-refractivity contribution < 1.29 is 23.9 Å². The molecule has 0 N–H and O–H groups in total. The summed E-state index contributed by atoms with van der Waals surface area (Å²) in [5.41, 5.74) is 1.62. The second kappa shape index (κ2) is 9.93. The number of carbonyl (C=O) groups is 3. The normalized spacial score (nSPS) is 14.5. The van der Waals surface area contributed by atoms with Crippen LogP contribution in [0.5, 0.6) is 0 Å². The maximum atomic E-state index is 12.6. The molecule has 1 amide bonds. The molecule has 8 nitrogen and oxygen atoms in total. The zero-order valence-electron chi connectivity index (χ0n) is 18.4. The molecule has 0 bridgehead atoms. The number of benzene rings is 1. The summed E-state index contributed by atoms with van der Waals surface area (Å²) in [6.07, 6.45) is 1.10. The molecule has 0 unspecified atom stereocenters. The van der Waals surface area contributed by atoms with Crippen molar-refractivity contribution in [2.75, 3.05) is 26.3 Å². The summed E-state index contributed by atoms with van der Waals surface area (Å²) in [6.45, 7) is 4.55. The molecule has 0 radical (unpaired) electrons. The van der Waals surface area contributed by atoms with E-state index >= 15 is 0 Å². The third-order valence-corrected chi connectivity index (χ3v) is 6.95. The lowest BCUT2D eigenvalue weighted by Crippen LogP contribution is -2.42. The van der Waals surface area contributed by atoms with Gasteiger partial charge in [0, 0.05) is 23.5 Å². The van der Waals surface area contributed by atoms with Gasteiger partial charge >= 0.3 is 11.9 Å². The van der Waals surface area contributed by atoms with Gasteiger partial charge in [-0.1, -0.05) is 11.6 Å². The summed E-state index contributed by atoms with van der Waals surface area (Å²) in [5.74, 6) is -1.21. The zero-order valence-corrected chi connectivity index (χ0v) is 19.9. The second-order valence-corrected chi connectivity index (χ2v) is 9.25. The molecule has 3 aromatic rings. The van der Waals surface area contributed by atoms with Gasteiger partial charge in [-0.05, 0) is 57.0 Å². The molecule has 10 heteroatoms. The van der Waals surface area contributed by atoms with Crippen molar-refractivity contribution in [1.82, 2.24) is 14.7 Å². The number of ether oxygens (including phenoxy) is 2. The topological polar surface area (TPSA) is 90.7 Å². The van der Waals surface area contributed by atoms with Crippen LogP contribution in [0.1, 0.15) is 35.1 Å². The number of amides is 1. The van der Waals surface area contributed by atoms with Gasteiger partial charge < -0.3 is 14.4 Å². The number of carbonyl (C=O) groups excluding carboxylic acids is 3. The van der Waals surface area contributed by atoms with Gasteiger partial charge in [-0.25, -0.2) is 9.48 Å². The van der Waals surface area contributed by atoms with Crippen LogP contribution in [0, 0.1) is 12.8 Å². The number of hydrogen-bond acceptors (Lipinski definition) is 7. The molecule has 1 aliphatic rings. The van der Waals surface area contributed by atoms with Crippen molar-refractivity contribution >= 4 is 51.0 Å². The first-order valence-corrected chi connectivity index (χ1v) is 11.9. The molecular formula is C23H24ClN3O5S. The van der Waals surface area contributed by atoms with Gasteiger partial charge in [0.25, 0.3) is 5.91 Å². The van der Waals surface area contributed by atoms with Crippen LogP contribution in [0.15, 0.2) is 30.3 Å². The Bertz CT molecular complexity index is 1180. The minimum Gasteiger partial charge on any atom is -0.466 e. The number of rotatable bonds is 6. The lowest BCUT2D eigenvalue weighted by atomic mass is 9.97. The van der Waals surface area contributed by atoms with Gasteiger partial charge in [-0.3, -0.25) is 9.59 Å². The van der Waals surface area contributed by atoms with Crippen LogP contribution in [-0.2, 0) is 19.1 Å². The van der Waals surface area contributed by atoms with Crippen LogP contribution >= 0.6 is 22.9 Å². The fourth-order valence-electron chi connectivity index (χ4n) is 3.82. The fourth-order valence-corrected chi connectivity index (χ4v) is 5.02. The molecule has 0 atom stereocenters. The van der Waals surface area contributed by atoms with E-state index < -0.39 is 5.97 Å². The summed E-state index contributed by atoms with van der Waals surface area (Å²) in [4.78, 5) is 39.8. The van der Waals surface area contributed by atoms with Gasteiger partial charge in [-0.15, -0.1) is 11.3 Å². The standard InChI is InChI=1S/C23H24ClN3O5S/c1-3-31-22(29)15-8-10-26(11-9-15)20(28)13-32-23(30)19-12-18-14(2)25-27(21(18)33-19)17-6-4-16(24)5-7-17/h4-7,12,15H,3,8-11,13H2,1-2H3. The van der Waals surface area contributed by atoms with Crippen LogP contribution in [0.2, 0.25) is 5.02 Å². The largest absolute Gasteiger partial charge is 0.466 e. The number of thiophene rings is 1. The highest BCUT2D eigenvalue weighted by Gasteiger charge is 2.29. The quantitative estimate of drug-likeness (QED) is 0.486. The molecule has 174 valence electrons. The molecule has 1 aromatic carbocycles. The number of aromatic nitrogens is 2. The Morgan fingerprint density at radius 2 is 1.85 bits per heavy atom. The highest BCUT2D eigenvalue weighted by molar-refractivity contribution is 7.20. The van der Waals surface area contributed by atoms with Crippen LogP contribution in [-0.4, -0.2) is 58.8 Å². The molecular weight excluding hydrogens is 466 g/mol. The Morgan fingerprint density at radius 1 is 1.15 bits per heavy atom. The van der Waals surface area contributed by atoms with Gasteiger partial charge in [0.2, 0.25) is 0 Å². The highest BCUT2D eigenvalue weighted by atomic mass is 35.5. The smallest absolute Gasteiger partial charge is 0.348 e. The number of esters is 2. The average molecular weight is 490 g/mol.